The van der Waals surface area contributed by atoms with Crippen LogP contribution in [-0.2, 0) is 29.1 Å². The largest absolute Gasteiger partial charge is 0.346 e. The number of piperazine rings is 1. The van der Waals surface area contributed by atoms with Gasteiger partial charge in [-0.15, -0.1) is 0 Å². The minimum absolute atomic E-state index is 0.00406. The van der Waals surface area contributed by atoms with Crippen LogP contribution in [0.2, 0.25) is 0 Å². The van der Waals surface area contributed by atoms with Gasteiger partial charge < -0.3 is 14.7 Å². The molecule has 0 saturated carbocycles. The van der Waals surface area contributed by atoms with Crippen molar-refractivity contribution in [3.05, 3.63) is 16.3 Å². The number of hydrogen-bond acceptors (Lipinski definition) is 5. The number of likely N-dealkylation sites (N-methyl/N-ethyl adjacent to an activating group) is 1. The number of aryl methyl sites for hydroxylation is 1. The zero-order chi connectivity index (χ0) is 20.4. The van der Waals surface area contributed by atoms with Crippen molar-refractivity contribution in [2.24, 2.45) is 5.92 Å². The monoisotopic (exact) mass is 404 g/mol. The zero-order valence-electron chi connectivity index (χ0n) is 17.4. The minimum atomic E-state index is -0.171. The van der Waals surface area contributed by atoms with E-state index in [-0.39, 0.29) is 30.0 Å². The van der Waals surface area contributed by atoms with E-state index in [9.17, 15) is 14.4 Å². The Morgan fingerprint density at radius 2 is 1.66 bits per heavy atom. The fourth-order valence-corrected chi connectivity index (χ4v) is 4.62. The maximum atomic E-state index is 12.8. The molecule has 1 aromatic heterocycles. The quantitative estimate of drug-likeness (QED) is 0.696. The molecule has 0 aliphatic carbocycles. The van der Waals surface area contributed by atoms with Crippen molar-refractivity contribution in [2.75, 3.05) is 46.3 Å². The normalized spacial score (nSPS) is 21.7. The molecule has 9 heteroatoms. The number of fused-ring (bicyclic) bond motifs is 1. The van der Waals surface area contributed by atoms with E-state index >= 15 is 0 Å². The molecule has 2 amide bonds. The maximum absolute atomic E-state index is 12.8. The molecule has 29 heavy (non-hydrogen) atoms. The zero-order valence-corrected chi connectivity index (χ0v) is 17.4. The van der Waals surface area contributed by atoms with Gasteiger partial charge in [-0.2, -0.15) is 5.10 Å². The Kier molecular flexibility index (Phi) is 6.03. The highest BCUT2D eigenvalue weighted by Gasteiger charge is 2.31. The third-order valence-corrected chi connectivity index (χ3v) is 6.58. The van der Waals surface area contributed by atoms with Gasteiger partial charge in [0.1, 0.15) is 12.4 Å². The summed E-state index contributed by atoms with van der Waals surface area (Å²) in [4.78, 5) is 44.0. The summed E-state index contributed by atoms with van der Waals surface area (Å²) in [5.74, 6) is 0.968. The van der Waals surface area contributed by atoms with E-state index in [4.69, 9.17) is 0 Å². The number of aromatic nitrogens is 3. The fraction of sp³-hybridized carbons (Fsp3) is 0.800. The molecule has 9 nitrogen and oxygen atoms in total. The van der Waals surface area contributed by atoms with Crippen molar-refractivity contribution in [1.82, 2.24) is 29.0 Å². The molecule has 0 N–H and O–H groups in total. The van der Waals surface area contributed by atoms with Gasteiger partial charge in [-0.3, -0.25) is 14.2 Å². The van der Waals surface area contributed by atoms with Crippen LogP contribution in [0.15, 0.2) is 4.79 Å². The van der Waals surface area contributed by atoms with Gasteiger partial charge in [0.2, 0.25) is 11.8 Å². The molecule has 160 valence electrons. The Balaban J connectivity index is 1.30. The number of carbonyl (C=O) groups is 2. The summed E-state index contributed by atoms with van der Waals surface area (Å²) in [6.45, 7) is 5.28. The number of piperidine rings is 1. The van der Waals surface area contributed by atoms with Crippen molar-refractivity contribution < 1.29 is 9.59 Å². The number of amides is 2. The summed E-state index contributed by atoms with van der Waals surface area (Å²) in [5, 5.41) is 4.41. The van der Waals surface area contributed by atoms with Crippen LogP contribution in [0.1, 0.15) is 37.9 Å². The van der Waals surface area contributed by atoms with E-state index < -0.39 is 0 Å². The third kappa shape index (κ3) is 4.39. The summed E-state index contributed by atoms with van der Waals surface area (Å²) in [7, 11) is 2.08. The summed E-state index contributed by atoms with van der Waals surface area (Å²) in [6, 6.07) is 0. The highest BCUT2D eigenvalue weighted by Crippen LogP contribution is 2.21. The molecule has 2 saturated heterocycles. The number of likely N-dealkylation sites (tertiary alicyclic amines) is 1. The first-order valence-corrected chi connectivity index (χ1v) is 10.9. The van der Waals surface area contributed by atoms with Gasteiger partial charge in [0.15, 0.2) is 0 Å². The molecule has 0 spiro atoms. The van der Waals surface area contributed by atoms with E-state index in [1.54, 1.807) is 9.47 Å². The van der Waals surface area contributed by atoms with Crippen LogP contribution < -0.4 is 5.69 Å². The maximum Gasteiger partial charge on any atom is 0.346 e. The first kappa shape index (κ1) is 20.1. The second-order valence-corrected chi connectivity index (χ2v) is 8.60. The summed E-state index contributed by atoms with van der Waals surface area (Å²) >= 11 is 0. The van der Waals surface area contributed by atoms with Gasteiger partial charge >= 0.3 is 5.69 Å². The van der Waals surface area contributed by atoms with E-state index in [0.717, 1.165) is 57.7 Å². The van der Waals surface area contributed by atoms with Crippen molar-refractivity contribution >= 4 is 11.8 Å². The van der Waals surface area contributed by atoms with Crippen molar-refractivity contribution in [2.45, 2.75) is 51.6 Å². The molecule has 0 atom stereocenters. The van der Waals surface area contributed by atoms with Crippen LogP contribution in [0, 0.1) is 5.92 Å². The van der Waals surface area contributed by atoms with Crippen LogP contribution in [-0.4, -0.2) is 87.2 Å². The number of hydrogen-bond donors (Lipinski definition) is 0. The Hall–Kier alpha value is -2.16. The van der Waals surface area contributed by atoms with Crippen LogP contribution >= 0.6 is 0 Å². The Morgan fingerprint density at radius 3 is 2.38 bits per heavy atom. The Bertz CT molecular complexity index is 800. The van der Waals surface area contributed by atoms with E-state index in [1.165, 1.54) is 4.68 Å². The molecule has 1 aromatic rings. The lowest BCUT2D eigenvalue weighted by Gasteiger charge is -2.37. The van der Waals surface area contributed by atoms with E-state index in [0.29, 0.717) is 32.5 Å². The molecular formula is C20H32N6O3. The summed E-state index contributed by atoms with van der Waals surface area (Å²) in [5.41, 5.74) is -0.171. The summed E-state index contributed by atoms with van der Waals surface area (Å²) in [6.07, 6.45) is 5.34. The number of carbonyl (C=O) groups excluding carboxylic acids is 2. The second kappa shape index (κ2) is 8.69. The van der Waals surface area contributed by atoms with Crippen molar-refractivity contribution in [3.63, 3.8) is 0 Å². The van der Waals surface area contributed by atoms with E-state index in [2.05, 4.69) is 17.0 Å². The molecule has 4 heterocycles. The molecule has 3 aliphatic heterocycles. The van der Waals surface area contributed by atoms with Gasteiger partial charge in [0, 0.05) is 58.2 Å². The molecule has 0 radical (unpaired) electrons. The van der Waals surface area contributed by atoms with Crippen LogP contribution in [0.4, 0.5) is 0 Å². The van der Waals surface area contributed by atoms with E-state index in [1.807, 2.05) is 4.90 Å². The molecule has 2 fully saturated rings. The molecule has 4 rings (SSSR count). The summed E-state index contributed by atoms with van der Waals surface area (Å²) < 4.78 is 3.05. The van der Waals surface area contributed by atoms with Gasteiger partial charge in [-0.05, 0) is 32.7 Å². The second-order valence-electron chi connectivity index (χ2n) is 8.60. The van der Waals surface area contributed by atoms with Crippen LogP contribution in [0.3, 0.4) is 0 Å². The Morgan fingerprint density at radius 1 is 0.931 bits per heavy atom. The molecular weight excluding hydrogens is 372 g/mol. The first-order chi connectivity index (χ1) is 14.0. The van der Waals surface area contributed by atoms with Gasteiger partial charge in [-0.25, -0.2) is 9.48 Å². The highest BCUT2D eigenvalue weighted by atomic mass is 16.2. The number of nitrogens with zero attached hydrogens (tertiary/aromatic N) is 6. The fourth-order valence-electron chi connectivity index (χ4n) is 4.62. The lowest BCUT2D eigenvalue weighted by molar-refractivity contribution is -0.142. The average Bonchev–Trinajstić information content (AvgIpc) is 2.89. The molecule has 0 aromatic carbocycles. The third-order valence-electron chi connectivity index (χ3n) is 6.58. The highest BCUT2D eigenvalue weighted by molar-refractivity contribution is 5.80. The van der Waals surface area contributed by atoms with Gasteiger partial charge in [-0.1, -0.05) is 6.42 Å². The van der Waals surface area contributed by atoms with Crippen LogP contribution in [0.25, 0.3) is 0 Å². The van der Waals surface area contributed by atoms with Gasteiger partial charge in [0.25, 0.3) is 0 Å². The average molecular weight is 405 g/mol. The predicted molar refractivity (Wildman–Crippen MR) is 107 cm³/mol. The minimum Gasteiger partial charge on any atom is -0.341 e. The molecule has 0 bridgehead atoms. The topological polar surface area (TPSA) is 83.7 Å². The Labute approximate surface area is 171 Å². The lowest BCUT2D eigenvalue weighted by atomic mass is 9.95. The standard InChI is InChI=1S/C20H32N6O3/c1-22-11-13-24(14-12-22)19(28)16-6-9-23(10-7-16)18(27)15-26-20(29)25-8-4-2-3-5-17(25)21-26/h16H,2-15H2,1H3. The van der Waals surface area contributed by atoms with Crippen molar-refractivity contribution in [1.29, 1.82) is 0 Å². The smallest absolute Gasteiger partial charge is 0.341 e. The first-order valence-electron chi connectivity index (χ1n) is 10.9. The van der Waals surface area contributed by atoms with Crippen molar-refractivity contribution in [3.8, 4) is 0 Å². The SMILES string of the molecule is CN1CCN(C(=O)C2CCN(C(=O)Cn3nc4n(c3=O)CCCCC4)CC2)CC1. The lowest BCUT2D eigenvalue weighted by Crippen LogP contribution is -2.51. The number of rotatable bonds is 3. The molecule has 3 aliphatic rings. The molecule has 0 unspecified atom stereocenters. The van der Waals surface area contributed by atoms with Crippen LogP contribution in [0.5, 0.6) is 0 Å². The predicted octanol–water partition coefficient (Wildman–Crippen LogP) is -0.216. The van der Waals surface area contributed by atoms with Gasteiger partial charge in [0.05, 0.1) is 0 Å².